The van der Waals surface area contributed by atoms with E-state index in [0.29, 0.717) is 17.8 Å². The smallest absolute Gasteiger partial charge is 0.297 e. The first-order valence-electron chi connectivity index (χ1n) is 7.34. The molecule has 1 aliphatic heterocycles. The van der Waals surface area contributed by atoms with E-state index in [1.54, 1.807) is 14.2 Å². The molecule has 5 nitrogen and oxygen atoms in total. The first-order valence-corrected chi connectivity index (χ1v) is 7.34. The number of unbranched alkanes of at least 4 members (excludes halogenated alkanes) is 1. The van der Waals surface area contributed by atoms with Gasteiger partial charge in [-0.1, -0.05) is 27.2 Å². The van der Waals surface area contributed by atoms with E-state index >= 15 is 0 Å². The van der Waals surface area contributed by atoms with Crippen LogP contribution in [-0.4, -0.2) is 44.0 Å². The zero-order valence-electron chi connectivity index (χ0n) is 13.5. The number of amidine groups is 1. The van der Waals surface area contributed by atoms with Crippen molar-refractivity contribution in [3.8, 4) is 0 Å². The van der Waals surface area contributed by atoms with Crippen molar-refractivity contribution in [2.45, 2.75) is 52.9 Å². The second-order valence-corrected chi connectivity index (χ2v) is 5.34. The van der Waals surface area contributed by atoms with Crippen LogP contribution >= 0.6 is 0 Å². The Morgan fingerprint density at radius 1 is 1.30 bits per heavy atom. The summed E-state index contributed by atoms with van der Waals surface area (Å²) >= 11 is 0. The molecule has 20 heavy (non-hydrogen) atoms. The molecule has 0 aromatic carbocycles. The fourth-order valence-electron chi connectivity index (χ4n) is 1.77. The molecule has 0 radical (unpaired) electrons. The van der Waals surface area contributed by atoms with Crippen molar-refractivity contribution in [2.24, 2.45) is 10.9 Å². The van der Waals surface area contributed by atoms with Crippen molar-refractivity contribution < 1.29 is 14.2 Å². The molecule has 1 heterocycles. The van der Waals surface area contributed by atoms with Crippen LogP contribution in [0.25, 0.3) is 0 Å². The molecule has 0 aromatic rings. The van der Waals surface area contributed by atoms with Crippen LogP contribution in [0.4, 0.5) is 0 Å². The maximum Gasteiger partial charge on any atom is 0.297 e. The molecule has 0 aliphatic carbocycles. The summed E-state index contributed by atoms with van der Waals surface area (Å²) in [4.78, 5) is 6.48. The zero-order chi connectivity index (χ0) is 15.1. The Balaban J connectivity index is 2.90. The van der Waals surface area contributed by atoms with Gasteiger partial charge in [0.1, 0.15) is 6.10 Å². The lowest BCUT2D eigenvalue weighted by Gasteiger charge is -2.35. The SMILES string of the molecule is CCCCN1C(OC(C)C(C)C)=NC(OC)=CC1OC. The Bertz CT molecular complexity index is 353. The van der Waals surface area contributed by atoms with E-state index in [4.69, 9.17) is 14.2 Å². The predicted octanol–water partition coefficient (Wildman–Crippen LogP) is 2.98. The van der Waals surface area contributed by atoms with Crippen LogP contribution in [0, 0.1) is 5.92 Å². The van der Waals surface area contributed by atoms with Crippen molar-refractivity contribution in [3.63, 3.8) is 0 Å². The van der Waals surface area contributed by atoms with Gasteiger partial charge in [0.05, 0.1) is 7.11 Å². The highest BCUT2D eigenvalue weighted by Gasteiger charge is 2.28. The van der Waals surface area contributed by atoms with Gasteiger partial charge in [0.25, 0.3) is 6.02 Å². The average molecular weight is 284 g/mol. The molecule has 1 rings (SSSR count). The van der Waals surface area contributed by atoms with Gasteiger partial charge in [-0.25, -0.2) is 0 Å². The van der Waals surface area contributed by atoms with E-state index in [1.165, 1.54) is 0 Å². The van der Waals surface area contributed by atoms with Gasteiger partial charge in [-0.05, 0) is 19.3 Å². The Morgan fingerprint density at radius 2 is 2.00 bits per heavy atom. The Hall–Kier alpha value is -1.23. The van der Waals surface area contributed by atoms with Gasteiger partial charge < -0.3 is 14.2 Å². The molecule has 2 atom stereocenters. The van der Waals surface area contributed by atoms with Gasteiger partial charge >= 0.3 is 0 Å². The summed E-state index contributed by atoms with van der Waals surface area (Å²) in [5, 5.41) is 0. The number of hydrogen-bond acceptors (Lipinski definition) is 5. The first kappa shape index (κ1) is 16.8. The molecule has 0 bridgehead atoms. The fraction of sp³-hybridized carbons (Fsp3) is 0.800. The van der Waals surface area contributed by atoms with Gasteiger partial charge in [0.15, 0.2) is 6.23 Å². The van der Waals surface area contributed by atoms with Crippen LogP contribution in [0.3, 0.4) is 0 Å². The molecule has 0 aromatic heterocycles. The average Bonchev–Trinajstić information content (AvgIpc) is 2.44. The number of aliphatic imine (C=N–C) groups is 1. The Kier molecular flexibility index (Phi) is 6.85. The van der Waals surface area contributed by atoms with Crippen LogP contribution in [0.1, 0.15) is 40.5 Å². The molecule has 1 aliphatic rings. The summed E-state index contributed by atoms with van der Waals surface area (Å²) in [6, 6.07) is 0.589. The van der Waals surface area contributed by atoms with Gasteiger partial charge in [0.2, 0.25) is 5.88 Å². The molecular weight excluding hydrogens is 256 g/mol. The minimum atomic E-state index is -0.191. The summed E-state index contributed by atoms with van der Waals surface area (Å²) in [6.45, 7) is 9.33. The summed E-state index contributed by atoms with van der Waals surface area (Å²) in [5.41, 5.74) is 0. The third kappa shape index (κ3) is 4.40. The highest BCUT2D eigenvalue weighted by molar-refractivity contribution is 5.76. The van der Waals surface area contributed by atoms with E-state index in [-0.39, 0.29) is 12.3 Å². The minimum absolute atomic E-state index is 0.0894. The molecule has 0 spiro atoms. The van der Waals surface area contributed by atoms with Crippen molar-refractivity contribution in [1.29, 1.82) is 0 Å². The van der Waals surface area contributed by atoms with Gasteiger partial charge in [-0.2, -0.15) is 4.99 Å². The van der Waals surface area contributed by atoms with Crippen molar-refractivity contribution in [3.05, 3.63) is 12.0 Å². The van der Waals surface area contributed by atoms with Gasteiger partial charge in [0, 0.05) is 19.7 Å². The summed E-state index contributed by atoms with van der Waals surface area (Å²) in [5.74, 6) is 0.958. The Labute approximate surface area is 122 Å². The molecule has 0 fully saturated rings. The highest BCUT2D eigenvalue weighted by Crippen LogP contribution is 2.19. The second kappa shape index (κ2) is 8.15. The summed E-state index contributed by atoms with van der Waals surface area (Å²) in [6.07, 6.45) is 3.94. The molecule has 0 amide bonds. The third-order valence-electron chi connectivity index (χ3n) is 3.48. The second-order valence-electron chi connectivity index (χ2n) is 5.34. The third-order valence-corrected chi connectivity index (χ3v) is 3.48. The molecule has 0 N–H and O–H groups in total. The standard InChI is InChI=1S/C15H28N2O3/c1-7-8-9-17-14(19-6)10-13(18-5)16-15(17)20-12(4)11(2)3/h10-12,14H,7-9H2,1-6H3. The highest BCUT2D eigenvalue weighted by atomic mass is 16.5. The maximum atomic E-state index is 6.00. The Morgan fingerprint density at radius 3 is 2.50 bits per heavy atom. The van der Waals surface area contributed by atoms with Crippen LogP contribution in [0.2, 0.25) is 0 Å². The van der Waals surface area contributed by atoms with Crippen LogP contribution in [0.5, 0.6) is 0 Å². The summed E-state index contributed by atoms with van der Waals surface area (Å²) < 4.78 is 16.8. The largest absolute Gasteiger partial charge is 0.481 e. The topological polar surface area (TPSA) is 43.3 Å². The van der Waals surface area contributed by atoms with Crippen LogP contribution in [0.15, 0.2) is 17.0 Å². The lowest BCUT2D eigenvalue weighted by molar-refractivity contribution is 0.00842. The normalized spacial score (nSPS) is 20.6. The quantitative estimate of drug-likeness (QED) is 0.721. The van der Waals surface area contributed by atoms with E-state index in [2.05, 4.69) is 32.7 Å². The van der Waals surface area contributed by atoms with Crippen LogP contribution in [-0.2, 0) is 14.2 Å². The van der Waals surface area contributed by atoms with Gasteiger partial charge in [-0.15, -0.1) is 0 Å². The van der Waals surface area contributed by atoms with Crippen molar-refractivity contribution >= 4 is 6.02 Å². The lowest BCUT2D eigenvalue weighted by Crippen LogP contribution is -2.46. The van der Waals surface area contributed by atoms with Crippen molar-refractivity contribution in [1.82, 2.24) is 4.90 Å². The van der Waals surface area contributed by atoms with Gasteiger partial charge in [-0.3, -0.25) is 4.90 Å². The minimum Gasteiger partial charge on any atom is -0.481 e. The molecule has 116 valence electrons. The molecule has 0 saturated carbocycles. The zero-order valence-corrected chi connectivity index (χ0v) is 13.5. The molecule has 2 unspecified atom stereocenters. The number of methoxy groups -OCH3 is 2. The number of rotatable bonds is 7. The van der Waals surface area contributed by atoms with Crippen molar-refractivity contribution in [2.75, 3.05) is 20.8 Å². The van der Waals surface area contributed by atoms with E-state index < -0.39 is 0 Å². The van der Waals surface area contributed by atoms with E-state index in [0.717, 1.165) is 19.4 Å². The fourth-order valence-corrected chi connectivity index (χ4v) is 1.77. The van der Waals surface area contributed by atoms with E-state index in [1.807, 2.05) is 11.0 Å². The maximum absolute atomic E-state index is 6.00. The number of ether oxygens (including phenoxy) is 3. The van der Waals surface area contributed by atoms with Crippen LogP contribution < -0.4 is 0 Å². The molecule has 0 saturated heterocycles. The summed E-state index contributed by atoms with van der Waals surface area (Å²) in [7, 11) is 3.29. The number of nitrogens with zero attached hydrogens (tertiary/aromatic N) is 2. The van der Waals surface area contributed by atoms with E-state index in [9.17, 15) is 0 Å². The number of hydrogen-bond donors (Lipinski definition) is 0. The lowest BCUT2D eigenvalue weighted by atomic mass is 10.1. The molecular formula is C15H28N2O3. The monoisotopic (exact) mass is 284 g/mol. The molecule has 5 heteroatoms. The predicted molar refractivity (Wildman–Crippen MR) is 80.3 cm³/mol. The first-order chi connectivity index (χ1) is 9.53.